The Morgan fingerprint density at radius 3 is 2.48 bits per heavy atom. The van der Waals surface area contributed by atoms with Gasteiger partial charge < -0.3 is 11.1 Å². The van der Waals surface area contributed by atoms with Gasteiger partial charge in [-0.2, -0.15) is 0 Å². The van der Waals surface area contributed by atoms with Crippen LogP contribution in [0.5, 0.6) is 0 Å². The fourth-order valence-corrected chi connectivity index (χ4v) is 3.20. The average molecular weight is 338 g/mol. The molecule has 0 atom stereocenters. The lowest BCUT2D eigenvalue weighted by atomic mass is 9.99. The van der Waals surface area contributed by atoms with Gasteiger partial charge in [-0.25, -0.2) is 4.98 Å². The monoisotopic (exact) mass is 337 g/mol. The minimum absolute atomic E-state index is 0.707. The fraction of sp³-hybridized carbons (Fsp3) is 0.500. The molecule has 0 radical (unpaired) electrons. The molecule has 2 aromatic rings. The molecule has 3 N–H and O–H groups in total. The van der Waals surface area contributed by atoms with Crippen molar-refractivity contribution in [3.63, 3.8) is 0 Å². The summed E-state index contributed by atoms with van der Waals surface area (Å²) < 4.78 is 0. The lowest BCUT2D eigenvalue weighted by molar-refractivity contribution is 0.687. The molecular weight excluding hydrogens is 306 g/mol. The van der Waals surface area contributed by atoms with Crippen molar-refractivity contribution in [2.45, 2.75) is 71.4 Å². The van der Waals surface area contributed by atoms with Crippen molar-refractivity contribution in [1.29, 1.82) is 0 Å². The smallest absolute Gasteiger partial charge is 0.126 e. The molecule has 1 saturated carbocycles. The third kappa shape index (κ3) is 5.30. The summed E-state index contributed by atoms with van der Waals surface area (Å²) >= 11 is 0. The molecule has 0 aliphatic heterocycles. The Hall–Kier alpha value is -1.87. The summed E-state index contributed by atoms with van der Waals surface area (Å²) in [5.41, 5.74) is 12.4. The lowest BCUT2D eigenvalue weighted by Crippen LogP contribution is -2.15. The van der Waals surface area contributed by atoms with Crippen LogP contribution in [0, 0.1) is 6.92 Å². The average Bonchev–Trinajstić information content (AvgIpc) is 3.43. The zero-order valence-corrected chi connectivity index (χ0v) is 15.6. The molecule has 3 rings (SSSR count). The van der Waals surface area contributed by atoms with Gasteiger partial charge in [-0.05, 0) is 61.3 Å². The standard InChI is InChI=1S/C22H31N3/c1-3-4-5-6-19-14-20(16(2)25-22(19)23)13-17-7-9-18(10-8-17)15-24-21-11-12-21/h7-10,14,21,24H,3-6,11-13,15H2,1-2H3,(H2,23,25). The summed E-state index contributed by atoms with van der Waals surface area (Å²) in [6.45, 7) is 5.27. The van der Waals surface area contributed by atoms with Crippen molar-refractivity contribution < 1.29 is 0 Å². The summed E-state index contributed by atoms with van der Waals surface area (Å²) in [7, 11) is 0. The van der Waals surface area contributed by atoms with E-state index < -0.39 is 0 Å². The van der Waals surface area contributed by atoms with Crippen molar-refractivity contribution >= 4 is 5.82 Å². The van der Waals surface area contributed by atoms with E-state index in [4.69, 9.17) is 5.73 Å². The number of hydrogen-bond donors (Lipinski definition) is 2. The number of aryl methyl sites for hydroxylation is 2. The Morgan fingerprint density at radius 1 is 1.08 bits per heavy atom. The van der Waals surface area contributed by atoms with Crippen LogP contribution in [0.2, 0.25) is 0 Å². The molecule has 1 aromatic heterocycles. The van der Waals surface area contributed by atoms with E-state index in [0.29, 0.717) is 5.82 Å². The van der Waals surface area contributed by atoms with E-state index in [9.17, 15) is 0 Å². The highest BCUT2D eigenvalue weighted by Crippen LogP contribution is 2.21. The number of nitrogen functional groups attached to an aromatic ring is 1. The topological polar surface area (TPSA) is 50.9 Å². The van der Waals surface area contributed by atoms with E-state index in [1.165, 1.54) is 54.4 Å². The summed E-state index contributed by atoms with van der Waals surface area (Å²) in [6, 6.07) is 12.0. The maximum atomic E-state index is 6.13. The maximum Gasteiger partial charge on any atom is 0.126 e. The van der Waals surface area contributed by atoms with Gasteiger partial charge in [-0.3, -0.25) is 0 Å². The Labute approximate surface area is 152 Å². The van der Waals surface area contributed by atoms with Gasteiger partial charge in [-0.1, -0.05) is 50.1 Å². The van der Waals surface area contributed by atoms with Crippen LogP contribution >= 0.6 is 0 Å². The first-order valence-electron chi connectivity index (χ1n) is 9.71. The third-order valence-corrected chi connectivity index (χ3v) is 5.07. The van der Waals surface area contributed by atoms with Crippen molar-refractivity contribution in [3.8, 4) is 0 Å². The number of benzene rings is 1. The number of pyridine rings is 1. The molecule has 25 heavy (non-hydrogen) atoms. The van der Waals surface area contributed by atoms with E-state index in [1.54, 1.807) is 0 Å². The van der Waals surface area contributed by atoms with Gasteiger partial charge in [-0.15, -0.1) is 0 Å². The number of anilines is 1. The molecule has 1 heterocycles. The molecule has 134 valence electrons. The van der Waals surface area contributed by atoms with Gasteiger partial charge >= 0.3 is 0 Å². The van der Waals surface area contributed by atoms with Crippen LogP contribution in [-0.2, 0) is 19.4 Å². The fourth-order valence-electron chi connectivity index (χ4n) is 3.20. The van der Waals surface area contributed by atoms with Crippen LogP contribution in [-0.4, -0.2) is 11.0 Å². The van der Waals surface area contributed by atoms with Crippen LogP contribution in [0.15, 0.2) is 30.3 Å². The summed E-state index contributed by atoms with van der Waals surface area (Å²) in [5.74, 6) is 0.707. The van der Waals surface area contributed by atoms with Crippen LogP contribution < -0.4 is 11.1 Å². The number of nitrogens with zero attached hydrogens (tertiary/aromatic N) is 1. The number of nitrogens with two attached hydrogens (primary N) is 1. The van der Waals surface area contributed by atoms with Gasteiger partial charge in [0.05, 0.1) is 0 Å². The third-order valence-electron chi connectivity index (χ3n) is 5.07. The van der Waals surface area contributed by atoms with Gasteiger partial charge in [0, 0.05) is 18.3 Å². The SMILES string of the molecule is CCCCCc1cc(Cc2ccc(CNC3CC3)cc2)c(C)nc1N. The molecule has 1 aliphatic carbocycles. The van der Waals surface area contributed by atoms with E-state index in [-0.39, 0.29) is 0 Å². The molecule has 3 nitrogen and oxygen atoms in total. The van der Waals surface area contributed by atoms with Crippen LogP contribution in [0.3, 0.4) is 0 Å². The quantitative estimate of drug-likeness (QED) is 0.660. The Kier molecular flexibility index (Phi) is 6.09. The summed E-state index contributed by atoms with van der Waals surface area (Å²) in [5, 5.41) is 3.57. The molecule has 0 spiro atoms. The van der Waals surface area contributed by atoms with Crippen molar-refractivity contribution in [2.24, 2.45) is 0 Å². The van der Waals surface area contributed by atoms with E-state index in [1.807, 2.05) is 0 Å². The van der Waals surface area contributed by atoms with Crippen LogP contribution in [0.4, 0.5) is 5.82 Å². The van der Waals surface area contributed by atoms with E-state index >= 15 is 0 Å². The second-order valence-corrected chi connectivity index (χ2v) is 7.38. The van der Waals surface area contributed by atoms with Gasteiger partial charge in [0.15, 0.2) is 0 Å². The highest BCUT2D eigenvalue weighted by atomic mass is 14.9. The van der Waals surface area contributed by atoms with E-state index in [0.717, 1.165) is 31.1 Å². The summed E-state index contributed by atoms with van der Waals surface area (Å²) in [4.78, 5) is 4.59. The molecule has 0 saturated heterocycles. The Bertz CT molecular complexity index is 687. The van der Waals surface area contributed by atoms with E-state index in [2.05, 4.69) is 54.5 Å². The van der Waals surface area contributed by atoms with Crippen molar-refractivity contribution in [1.82, 2.24) is 10.3 Å². The van der Waals surface area contributed by atoms with Crippen LogP contribution in [0.1, 0.15) is 67.0 Å². The highest BCUT2D eigenvalue weighted by molar-refractivity contribution is 5.45. The normalized spacial score (nSPS) is 14.0. The Morgan fingerprint density at radius 2 is 1.80 bits per heavy atom. The minimum Gasteiger partial charge on any atom is -0.383 e. The minimum atomic E-state index is 0.707. The maximum absolute atomic E-state index is 6.13. The van der Waals surface area contributed by atoms with Gasteiger partial charge in [0.1, 0.15) is 5.82 Å². The molecule has 1 aliphatic rings. The Balaban J connectivity index is 1.65. The lowest BCUT2D eigenvalue weighted by Gasteiger charge is -2.12. The molecule has 0 amide bonds. The number of unbranched alkanes of at least 4 members (excludes halogenated alkanes) is 2. The molecule has 0 bridgehead atoms. The van der Waals surface area contributed by atoms with Crippen LogP contribution in [0.25, 0.3) is 0 Å². The number of aromatic nitrogens is 1. The second-order valence-electron chi connectivity index (χ2n) is 7.38. The van der Waals surface area contributed by atoms with Crippen molar-refractivity contribution in [2.75, 3.05) is 5.73 Å². The predicted octanol–water partition coefficient (Wildman–Crippen LogP) is 4.55. The second kappa shape index (κ2) is 8.48. The first-order valence-corrected chi connectivity index (χ1v) is 9.71. The molecule has 1 fully saturated rings. The molecule has 3 heteroatoms. The number of rotatable bonds is 9. The first kappa shape index (κ1) is 17.9. The summed E-state index contributed by atoms with van der Waals surface area (Å²) in [6.07, 6.45) is 8.30. The zero-order valence-electron chi connectivity index (χ0n) is 15.6. The number of nitrogens with one attached hydrogen (secondary N) is 1. The molecule has 1 aromatic carbocycles. The first-order chi connectivity index (χ1) is 12.2. The number of hydrogen-bond acceptors (Lipinski definition) is 3. The molecular formula is C22H31N3. The van der Waals surface area contributed by atoms with Crippen molar-refractivity contribution in [3.05, 3.63) is 58.3 Å². The highest BCUT2D eigenvalue weighted by Gasteiger charge is 2.19. The largest absolute Gasteiger partial charge is 0.383 e. The predicted molar refractivity (Wildman–Crippen MR) is 106 cm³/mol. The molecule has 0 unspecified atom stereocenters. The van der Waals surface area contributed by atoms with Gasteiger partial charge in [0.2, 0.25) is 0 Å². The zero-order chi connectivity index (χ0) is 17.6. The van der Waals surface area contributed by atoms with Gasteiger partial charge in [0.25, 0.3) is 0 Å².